The van der Waals surface area contributed by atoms with Gasteiger partial charge in [0.15, 0.2) is 5.78 Å². The van der Waals surface area contributed by atoms with Crippen molar-refractivity contribution in [1.29, 1.82) is 0 Å². The fourth-order valence-corrected chi connectivity index (χ4v) is 6.45. The summed E-state index contributed by atoms with van der Waals surface area (Å²) >= 11 is 0. The number of carbonyl (C=O) groups is 2. The van der Waals surface area contributed by atoms with Crippen LogP contribution in [0, 0.1) is 6.92 Å². The zero-order valence-corrected chi connectivity index (χ0v) is 22.8. The Bertz CT molecular complexity index is 1380. The molecule has 1 atom stereocenters. The SMILES string of the molecule is COc1cc(CC(=O)[C@@H]2CCCN2S(=O)(=O)c2ccc(CC(=O)Cc3ccc(C)cc3)cc2)cc(OC)c1. The lowest BCUT2D eigenvalue weighted by molar-refractivity contribution is -0.121. The van der Waals surface area contributed by atoms with E-state index in [-0.39, 0.29) is 35.8 Å². The monoisotopic (exact) mass is 535 g/mol. The number of carbonyl (C=O) groups excluding carboxylic acids is 2. The summed E-state index contributed by atoms with van der Waals surface area (Å²) in [5.74, 6) is 1.03. The third-order valence-electron chi connectivity index (χ3n) is 6.82. The summed E-state index contributed by atoms with van der Waals surface area (Å²) < 4.78 is 38.8. The second-order valence-corrected chi connectivity index (χ2v) is 11.6. The molecule has 0 aromatic heterocycles. The van der Waals surface area contributed by atoms with E-state index in [1.807, 2.05) is 31.2 Å². The van der Waals surface area contributed by atoms with E-state index in [1.54, 1.807) is 30.3 Å². The summed E-state index contributed by atoms with van der Waals surface area (Å²) in [6.45, 7) is 2.29. The molecule has 0 bridgehead atoms. The first-order valence-corrected chi connectivity index (χ1v) is 14.1. The van der Waals surface area contributed by atoms with Crippen LogP contribution < -0.4 is 9.47 Å². The fraction of sp³-hybridized carbons (Fsp3) is 0.333. The van der Waals surface area contributed by atoms with Gasteiger partial charge in [-0.25, -0.2) is 8.42 Å². The van der Waals surface area contributed by atoms with Crippen molar-refractivity contribution in [2.75, 3.05) is 20.8 Å². The first-order chi connectivity index (χ1) is 18.2. The first kappa shape index (κ1) is 27.5. The minimum Gasteiger partial charge on any atom is -0.497 e. The molecule has 200 valence electrons. The van der Waals surface area contributed by atoms with Crippen molar-refractivity contribution in [3.63, 3.8) is 0 Å². The maximum Gasteiger partial charge on any atom is 0.243 e. The van der Waals surface area contributed by atoms with E-state index in [2.05, 4.69) is 0 Å². The van der Waals surface area contributed by atoms with Gasteiger partial charge in [0.1, 0.15) is 17.3 Å². The third-order valence-corrected chi connectivity index (χ3v) is 8.74. The number of rotatable bonds is 11. The Morgan fingerprint density at radius 1 is 0.816 bits per heavy atom. The summed E-state index contributed by atoms with van der Waals surface area (Å²) in [6, 6.07) is 18.8. The van der Waals surface area contributed by atoms with Crippen LogP contribution in [0.2, 0.25) is 0 Å². The van der Waals surface area contributed by atoms with Crippen LogP contribution in [0.3, 0.4) is 0 Å². The number of ketones is 2. The van der Waals surface area contributed by atoms with Crippen LogP contribution in [0.1, 0.15) is 35.1 Å². The number of hydrogen-bond acceptors (Lipinski definition) is 6. The van der Waals surface area contributed by atoms with E-state index in [0.29, 0.717) is 36.3 Å². The predicted octanol–water partition coefficient (Wildman–Crippen LogP) is 4.33. The van der Waals surface area contributed by atoms with Crippen LogP contribution in [0.4, 0.5) is 0 Å². The van der Waals surface area contributed by atoms with Gasteiger partial charge in [-0.05, 0) is 60.7 Å². The maximum atomic E-state index is 13.5. The molecule has 1 saturated heterocycles. The van der Waals surface area contributed by atoms with Crippen molar-refractivity contribution in [3.05, 3.63) is 89.0 Å². The largest absolute Gasteiger partial charge is 0.497 e. The number of Topliss-reactive ketones (excluding diaryl/α,β-unsaturated/α-hetero) is 2. The van der Waals surface area contributed by atoms with Crippen molar-refractivity contribution < 1.29 is 27.5 Å². The van der Waals surface area contributed by atoms with Gasteiger partial charge in [-0.15, -0.1) is 0 Å². The van der Waals surface area contributed by atoms with Crippen LogP contribution in [0.25, 0.3) is 0 Å². The Morgan fingerprint density at radius 3 is 1.92 bits per heavy atom. The van der Waals surface area contributed by atoms with Gasteiger partial charge in [-0.2, -0.15) is 4.31 Å². The quantitative estimate of drug-likeness (QED) is 0.363. The molecule has 0 spiro atoms. The van der Waals surface area contributed by atoms with Gasteiger partial charge in [0.2, 0.25) is 10.0 Å². The van der Waals surface area contributed by atoms with Crippen LogP contribution in [0.15, 0.2) is 71.6 Å². The number of nitrogens with zero attached hydrogens (tertiary/aromatic N) is 1. The Morgan fingerprint density at radius 2 is 1.37 bits per heavy atom. The standard InChI is InChI=1S/C30H33NO6S/c1-21-6-8-22(9-7-21)15-25(32)16-23-10-12-28(13-11-23)38(34,35)31-14-4-5-29(31)30(33)19-24-17-26(36-2)20-27(18-24)37-3/h6-13,17-18,20,29H,4-5,14-16,19H2,1-3H3/t29-/m0/s1. The predicted molar refractivity (Wildman–Crippen MR) is 145 cm³/mol. The average Bonchev–Trinajstić information content (AvgIpc) is 3.41. The van der Waals surface area contributed by atoms with Gasteiger partial charge < -0.3 is 9.47 Å². The summed E-state index contributed by atoms with van der Waals surface area (Å²) in [6.07, 6.45) is 1.72. The van der Waals surface area contributed by atoms with Crippen molar-refractivity contribution in [3.8, 4) is 11.5 Å². The van der Waals surface area contributed by atoms with Gasteiger partial charge in [0.05, 0.1) is 25.2 Å². The highest BCUT2D eigenvalue weighted by molar-refractivity contribution is 7.89. The van der Waals surface area contributed by atoms with Crippen molar-refractivity contribution in [2.24, 2.45) is 0 Å². The van der Waals surface area contributed by atoms with E-state index < -0.39 is 16.1 Å². The number of aryl methyl sites for hydroxylation is 1. The highest BCUT2D eigenvalue weighted by atomic mass is 32.2. The van der Waals surface area contributed by atoms with Crippen molar-refractivity contribution in [2.45, 2.75) is 50.0 Å². The molecule has 1 fully saturated rings. The van der Waals surface area contributed by atoms with Crippen molar-refractivity contribution >= 4 is 21.6 Å². The van der Waals surface area contributed by atoms with E-state index in [0.717, 1.165) is 16.7 Å². The molecule has 1 aliphatic rings. The molecule has 0 radical (unpaired) electrons. The molecule has 1 heterocycles. The van der Waals surface area contributed by atoms with E-state index in [9.17, 15) is 18.0 Å². The minimum absolute atomic E-state index is 0.0591. The molecule has 7 nitrogen and oxygen atoms in total. The summed E-state index contributed by atoms with van der Waals surface area (Å²) in [7, 11) is -0.793. The van der Waals surface area contributed by atoms with E-state index >= 15 is 0 Å². The number of ether oxygens (including phenoxy) is 2. The second-order valence-electron chi connectivity index (χ2n) is 9.66. The summed E-state index contributed by atoms with van der Waals surface area (Å²) in [5.41, 5.74) is 3.55. The molecule has 3 aromatic rings. The zero-order valence-electron chi connectivity index (χ0n) is 22.0. The minimum atomic E-state index is -3.87. The molecule has 0 unspecified atom stereocenters. The molecule has 4 rings (SSSR count). The van der Waals surface area contributed by atoms with Gasteiger partial charge >= 0.3 is 0 Å². The lowest BCUT2D eigenvalue weighted by atomic mass is 10.0. The normalized spacial score (nSPS) is 15.8. The summed E-state index contributed by atoms with van der Waals surface area (Å²) in [4.78, 5) is 25.9. The smallest absolute Gasteiger partial charge is 0.243 e. The van der Waals surface area contributed by atoms with Gasteiger partial charge in [-0.3, -0.25) is 9.59 Å². The maximum absolute atomic E-state index is 13.5. The first-order valence-electron chi connectivity index (χ1n) is 12.6. The van der Waals surface area contributed by atoms with Crippen molar-refractivity contribution in [1.82, 2.24) is 4.31 Å². The molecular formula is C30H33NO6S. The lowest BCUT2D eigenvalue weighted by Gasteiger charge is -2.23. The van der Waals surface area contributed by atoms with Gasteiger partial charge in [0, 0.05) is 31.9 Å². The van der Waals surface area contributed by atoms with Gasteiger partial charge in [0.25, 0.3) is 0 Å². The average molecular weight is 536 g/mol. The van der Waals surface area contributed by atoms with Gasteiger partial charge in [-0.1, -0.05) is 42.0 Å². The number of sulfonamides is 1. The van der Waals surface area contributed by atoms with E-state index in [4.69, 9.17) is 9.47 Å². The molecular weight excluding hydrogens is 502 g/mol. The number of hydrogen-bond donors (Lipinski definition) is 0. The Kier molecular flexibility index (Phi) is 8.64. The Labute approximate surface area is 224 Å². The molecule has 0 saturated carbocycles. The third kappa shape index (κ3) is 6.49. The lowest BCUT2D eigenvalue weighted by Crippen LogP contribution is -2.41. The summed E-state index contributed by atoms with van der Waals surface area (Å²) in [5, 5.41) is 0. The highest BCUT2D eigenvalue weighted by Crippen LogP contribution is 2.29. The molecule has 1 aliphatic heterocycles. The molecule has 38 heavy (non-hydrogen) atoms. The fourth-order valence-electron chi connectivity index (χ4n) is 4.78. The number of benzene rings is 3. The van der Waals surface area contributed by atoms with E-state index in [1.165, 1.54) is 30.7 Å². The molecule has 0 aliphatic carbocycles. The Balaban J connectivity index is 1.43. The zero-order chi connectivity index (χ0) is 27.3. The topological polar surface area (TPSA) is 90.0 Å². The van der Waals surface area contributed by atoms with Crippen LogP contribution in [-0.4, -0.2) is 51.1 Å². The second kappa shape index (κ2) is 11.9. The van der Waals surface area contributed by atoms with Crippen LogP contribution in [0.5, 0.6) is 11.5 Å². The molecule has 3 aromatic carbocycles. The molecule has 0 N–H and O–H groups in total. The van der Waals surface area contributed by atoms with Crippen LogP contribution in [-0.2, 0) is 38.9 Å². The number of methoxy groups -OCH3 is 2. The van der Waals surface area contributed by atoms with Crippen LogP contribution >= 0.6 is 0 Å². The molecule has 0 amide bonds. The highest BCUT2D eigenvalue weighted by Gasteiger charge is 2.39. The molecule has 8 heteroatoms. The Hall–Kier alpha value is -3.49.